The lowest BCUT2D eigenvalue weighted by atomic mass is 9.85. The van der Waals surface area contributed by atoms with Crippen molar-refractivity contribution < 1.29 is 9.53 Å². The molecule has 1 amide bonds. The maximum absolute atomic E-state index is 12.8. The van der Waals surface area contributed by atoms with Crippen molar-refractivity contribution in [3.8, 4) is 11.8 Å². The summed E-state index contributed by atoms with van der Waals surface area (Å²) in [6, 6.07) is 5.89. The molecular weight excluding hydrogens is 424 g/mol. The third-order valence-corrected chi connectivity index (χ3v) is 7.25. The molecule has 1 N–H and O–H groups in total. The van der Waals surface area contributed by atoms with Crippen molar-refractivity contribution in [3.05, 3.63) is 48.8 Å². The zero-order valence-electron chi connectivity index (χ0n) is 16.9. The molecule has 152 valence electrons. The lowest BCUT2D eigenvalue weighted by molar-refractivity contribution is -0.122. The van der Waals surface area contributed by atoms with Gasteiger partial charge in [-0.05, 0) is 80.3 Å². The molecule has 1 aliphatic rings. The Morgan fingerprint density at radius 1 is 1.38 bits per heavy atom. The van der Waals surface area contributed by atoms with Crippen LogP contribution in [0.25, 0.3) is 0 Å². The Bertz CT molecular complexity index is 1050. The quantitative estimate of drug-likeness (QED) is 0.572. The molecule has 1 heterocycles. The number of carbonyl (C=O) groups excluding carboxylic acids is 1. The van der Waals surface area contributed by atoms with E-state index in [1.165, 1.54) is 11.3 Å². The zero-order chi connectivity index (χ0) is 21.3. The predicted octanol–water partition coefficient (Wildman–Crippen LogP) is 6.15. The Hall–Kier alpha value is -1.94. The van der Waals surface area contributed by atoms with Crippen molar-refractivity contribution in [2.45, 2.75) is 53.1 Å². The monoisotopic (exact) mass is 446 g/mol. The second kappa shape index (κ2) is 8.83. The van der Waals surface area contributed by atoms with E-state index in [0.29, 0.717) is 27.3 Å². The van der Waals surface area contributed by atoms with Crippen LogP contribution in [-0.2, 0) is 17.6 Å². The summed E-state index contributed by atoms with van der Waals surface area (Å²) in [5.74, 6) is 0.823. The number of ether oxygens (including phenoxy) is 1. The fraction of sp³-hybridized carbons (Fsp3) is 0.409. The maximum Gasteiger partial charge on any atom is 0.265 e. The molecule has 2 atom stereocenters. The molecule has 29 heavy (non-hydrogen) atoms. The van der Waals surface area contributed by atoms with E-state index in [1.54, 1.807) is 6.92 Å². The molecular formula is C22H23ClN2O2S2. The predicted molar refractivity (Wildman–Crippen MR) is 121 cm³/mol. The first kappa shape index (κ1) is 21.8. The van der Waals surface area contributed by atoms with Gasteiger partial charge >= 0.3 is 0 Å². The van der Waals surface area contributed by atoms with E-state index in [1.807, 2.05) is 26.0 Å². The van der Waals surface area contributed by atoms with Crippen molar-refractivity contribution in [3.63, 3.8) is 0 Å². The van der Waals surface area contributed by atoms with Crippen LogP contribution in [0.4, 0.5) is 5.00 Å². The van der Waals surface area contributed by atoms with E-state index < -0.39 is 6.10 Å². The number of fused-ring (bicyclic) bond motifs is 1. The number of nitrogens with one attached hydrogen (secondary N) is 1. The van der Waals surface area contributed by atoms with Crippen LogP contribution < -0.4 is 10.1 Å². The number of hydrogen-bond acceptors (Lipinski definition) is 5. The summed E-state index contributed by atoms with van der Waals surface area (Å²) in [7, 11) is 0. The van der Waals surface area contributed by atoms with Gasteiger partial charge in [-0.3, -0.25) is 4.79 Å². The second-order valence-electron chi connectivity index (χ2n) is 7.63. The van der Waals surface area contributed by atoms with Crippen LogP contribution in [0.3, 0.4) is 0 Å². The molecule has 0 saturated heterocycles. The highest BCUT2D eigenvalue weighted by Gasteiger charge is 2.24. The van der Waals surface area contributed by atoms with Gasteiger partial charge in [-0.2, -0.15) is 5.26 Å². The van der Waals surface area contributed by atoms with Crippen LogP contribution in [0.2, 0.25) is 5.02 Å². The van der Waals surface area contributed by atoms with Crippen molar-refractivity contribution >= 4 is 46.1 Å². The Kier molecular flexibility index (Phi) is 6.62. The van der Waals surface area contributed by atoms with Crippen LogP contribution >= 0.6 is 35.2 Å². The molecule has 0 saturated carbocycles. The van der Waals surface area contributed by atoms with Gasteiger partial charge in [0.05, 0.1) is 9.39 Å². The van der Waals surface area contributed by atoms with Crippen molar-refractivity contribution in [2.75, 3.05) is 5.32 Å². The molecule has 0 aliphatic heterocycles. The number of halogens is 1. The molecule has 1 aliphatic carbocycles. The first-order valence-corrected chi connectivity index (χ1v) is 11.1. The summed E-state index contributed by atoms with van der Waals surface area (Å²) in [5.41, 5.74) is 4.40. The normalized spacial score (nSPS) is 16.5. The minimum absolute atomic E-state index is 0.318. The molecule has 0 fully saturated rings. The lowest BCUT2D eigenvalue weighted by Crippen LogP contribution is -2.30. The molecule has 1 aromatic carbocycles. The number of nitriles is 1. The van der Waals surface area contributed by atoms with E-state index in [4.69, 9.17) is 28.6 Å². The number of anilines is 1. The molecule has 0 bridgehead atoms. The third kappa shape index (κ3) is 4.63. The van der Waals surface area contributed by atoms with E-state index in [9.17, 15) is 10.1 Å². The highest BCUT2D eigenvalue weighted by atomic mass is 35.5. The molecule has 0 radical (unpaired) electrons. The number of carbonyl (C=O) groups is 1. The van der Waals surface area contributed by atoms with Gasteiger partial charge in [-0.25, -0.2) is 0 Å². The van der Waals surface area contributed by atoms with Crippen LogP contribution in [-0.4, -0.2) is 12.0 Å². The third-order valence-electron chi connectivity index (χ3n) is 5.21. The lowest BCUT2D eigenvalue weighted by Gasteiger charge is -2.23. The van der Waals surface area contributed by atoms with Crippen molar-refractivity contribution in [1.82, 2.24) is 0 Å². The van der Waals surface area contributed by atoms with Gasteiger partial charge in [-0.1, -0.05) is 30.7 Å². The Morgan fingerprint density at radius 2 is 2.03 bits per heavy atom. The first-order chi connectivity index (χ1) is 13.7. The summed E-state index contributed by atoms with van der Waals surface area (Å²) >= 11 is 13.1. The summed E-state index contributed by atoms with van der Waals surface area (Å²) < 4.78 is 6.57. The number of hydrogen-bond donors (Lipinski definition) is 1. The largest absolute Gasteiger partial charge is 0.481 e. The fourth-order valence-electron chi connectivity index (χ4n) is 3.59. The molecule has 0 spiro atoms. The number of amides is 1. The number of aryl methyl sites for hydroxylation is 2. The summed E-state index contributed by atoms with van der Waals surface area (Å²) in [5, 5.41) is 13.8. The van der Waals surface area contributed by atoms with Crippen molar-refractivity contribution in [1.29, 1.82) is 5.26 Å². The van der Waals surface area contributed by atoms with Crippen LogP contribution in [0.5, 0.6) is 5.75 Å². The number of rotatable bonds is 4. The SMILES string of the molecule is Cc1cc(OC(C)C(=O)Nc2sc(=S)c3c(c2C#N)CCC(C)C3)cc(C)c1Cl. The molecule has 4 nitrogen and oxygen atoms in total. The summed E-state index contributed by atoms with van der Waals surface area (Å²) in [6.45, 7) is 7.67. The molecule has 2 unspecified atom stereocenters. The van der Waals surface area contributed by atoms with Crippen LogP contribution in [0.1, 0.15) is 48.1 Å². The average molecular weight is 447 g/mol. The molecule has 3 rings (SSSR count). The van der Waals surface area contributed by atoms with Gasteiger partial charge in [0.1, 0.15) is 16.8 Å². The highest BCUT2D eigenvalue weighted by molar-refractivity contribution is 7.73. The first-order valence-electron chi connectivity index (χ1n) is 9.54. The standard InChI is InChI=1S/C22H23ClN2O2S2/c1-11-5-6-16-17(7-11)22(28)29-21(18(16)10-24)25-20(26)14(4)27-15-8-12(2)19(23)13(3)9-15/h8-9,11,14H,5-7H2,1-4H3,(H,25,26). The van der Waals surface area contributed by atoms with Gasteiger partial charge in [0.15, 0.2) is 6.10 Å². The minimum Gasteiger partial charge on any atom is -0.481 e. The minimum atomic E-state index is -0.738. The second-order valence-corrected chi connectivity index (χ2v) is 9.70. The van der Waals surface area contributed by atoms with Gasteiger partial charge in [0.25, 0.3) is 5.91 Å². The maximum atomic E-state index is 12.8. The van der Waals surface area contributed by atoms with Gasteiger partial charge in [0.2, 0.25) is 0 Å². The molecule has 2 aromatic rings. The molecule has 7 heteroatoms. The van der Waals surface area contributed by atoms with E-state index in [-0.39, 0.29) is 5.91 Å². The zero-order valence-corrected chi connectivity index (χ0v) is 19.3. The number of nitrogens with zero attached hydrogens (tertiary/aromatic N) is 1. The van der Waals surface area contributed by atoms with E-state index in [0.717, 1.165) is 45.3 Å². The Morgan fingerprint density at radius 3 is 2.66 bits per heavy atom. The van der Waals surface area contributed by atoms with Crippen molar-refractivity contribution in [2.24, 2.45) is 5.92 Å². The Labute approximate surface area is 185 Å². The van der Waals surface area contributed by atoms with Crippen LogP contribution in [0.15, 0.2) is 12.1 Å². The topological polar surface area (TPSA) is 62.1 Å². The van der Waals surface area contributed by atoms with E-state index in [2.05, 4.69) is 18.3 Å². The van der Waals surface area contributed by atoms with E-state index >= 15 is 0 Å². The average Bonchev–Trinajstić information content (AvgIpc) is 2.66. The van der Waals surface area contributed by atoms with Gasteiger partial charge in [-0.15, -0.1) is 11.3 Å². The fourth-order valence-corrected chi connectivity index (χ4v) is 5.10. The smallest absolute Gasteiger partial charge is 0.265 e. The summed E-state index contributed by atoms with van der Waals surface area (Å²) in [6.07, 6.45) is 1.99. The summed E-state index contributed by atoms with van der Waals surface area (Å²) in [4.78, 5) is 12.8. The van der Waals surface area contributed by atoms with Gasteiger partial charge in [0, 0.05) is 5.02 Å². The van der Waals surface area contributed by atoms with Gasteiger partial charge < -0.3 is 10.1 Å². The van der Waals surface area contributed by atoms with Crippen LogP contribution in [0, 0.1) is 34.9 Å². The molecule has 1 aromatic heterocycles. The number of benzene rings is 1. The highest BCUT2D eigenvalue weighted by Crippen LogP contribution is 2.36. The Balaban J connectivity index is 1.83.